The first-order valence-electron chi connectivity index (χ1n) is 8.78. The van der Waals surface area contributed by atoms with Crippen molar-refractivity contribution in [3.8, 4) is 0 Å². The van der Waals surface area contributed by atoms with Crippen LogP contribution in [-0.2, 0) is 0 Å². The van der Waals surface area contributed by atoms with E-state index in [2.05, 4.69) is 33.0 Å². The highest BCUT2D eigenvalue weighted by atomic mass is 14.9. The molecule has 0 spiro atoms. The first-order valence-corrected chi connectivity index (χ1v) is 8.78. The molecule has 0 radical (unpaired) electrons. The van der Waals surface area contributed by atoms with Crippen LogP contribution in [0.4, 0.5) is 0 Å². The van der Waals surface area contributed by atoms with Crippen molar-refractivity contribution in [1.29, 1.82) is 0 Å². The van der Waals surface area contributed by atoms with E-state index in [1.165, 1.54) is 51.6 Å². The first kappa shape index (κ1) is 15.4. The highest BCUT2D eigenvalue weighted by molar-refractivity contribution is 4.89. The molecule has 1 heteroatoms. The zero-order valence-electron chi connectivity index (χ0n) is 13.6. The molecule has 2 aliphatic carbocycles. The quantitative estimate of drug-likeness (QED) is 0.732. The molecule has 0 heterocycles. The Morgan fingerprint density at radius 3 is 2.26 bits per heavy atom. The molecule has 0 aliphatic heterocycles. The first-order chi connectivity index (χ1) is 9.08. The lowest BCUT2D eigenvalue weighted by Crippen LogP contribution is -2.40. The van der Waals surface area contributed by atoms with Crippen molar-refractivity contribution in [3.05, 3.63) is 0 Å². The Labute approximate surface area is 120 Å². The van der Waals surface area contributed by atoms with E-state index in [-0.39, 0.29) is 0 Å². The van der Waals surface area contributed by atoms with Gasteiger partial charge in [0.2, 0.25) is 0 Å². The van der Waals surface area contributed by atoms with Crippen molar-refractivity contribution in [2.24, 2.45) is 35.5 Å². The van der Waals surface area contributed by atoms with Gasteiger partial charge in [-0.25, -0.2) is 0 Å². The predicted octanol–water partition coefficient (Wildman–Crippen LogP) is 4.72. The molecular formula is C18H35N. The molecule has 2 saturated carbocycles. The normalized spacial score (nSPS) is 32.8. The van der Waals surface area contributed by atoms with Gasteiger partial charge in [0.1, 0.15) is 0 Å². The molecule has 2 rings (SSSR count). The minimum absolute atomic E-state index is 0.786. The highest BCUT2D eigenvalue weighted by Gasteiger charge is 2.38. The minimum atomic E-state index is 0.786. The van der Waals surface area contributed by atoms with Crippen LogP contribution in [-0.4, -0.2) is 13.1 Å². The molecule has 0 bridgehead atoms. The summed E-state index contributed by atoms with van der Waals surface area (Å²) in [7, 11) is 0. The fourth-order valence-electron chi connectivity index (χ4n) is 4.16. The molecule has 3 unspecified atom stereocenters. The number of rotatable bonds is 6. The van der Waals surface area contributed by atoms with Gasteiger partial charge in [0.15, 0.2) is 0 Å². The van der Waals surface area contributed by atoms with Gasteiger partial charge in [-0.1, -0.05) is 47.0 Å². The highest BCUT2D eigenvalue weighted by Crippen LogP contribution is 2.47. The largest absolute Gasteiger partial charge is 0.316 e. The fraction of sp³-hybridized carbons (Fsp3) is 1.00. The van der Waals surface area contributed by atoms with Gasteiger partial charge in [0.25, 0.3) is 0 Å². The van der Waals surface area contributed by atoms with Crippen LogP contribution in [0, 0.1) is 35.5 Å². The Kier molecular flexibility index (Phi) is 5.74. The smallest absolute Gasteiger partial charge is 0.00176 e. The summed E-state index contributed by atoms with van der Waals surface area (Å²) in [6.45, 7) is 12.0. The summed E-state index contributed by atoms with van der Waals surface area (Å²) in [5, 5.41) is 3.73. The van der Waals surface area contributed by atoms with E-state index in [1.807, 2.05) is 0 Å². The molecule has 112 valence electrons. The SMILES string of the molecule is CC(C)CNCC1CCC(C(C)C)CC1C1CCC1. The van der Waals surface area contributed by atoms with Crippen molar-refractivity contribution >= 4 is 0 Å². The third-order valence-electron chi connectivity index (χ3n) is 5.75. The monoisotopic (exact) mass is 265 g/mol. The third kappa shape index (κ3) is 4.21. The van der Waals surface area contributed by atoms with Crippen LogP contribution in [0.3, 0.4) is 0 Å². The van der Waals surface area contributed by atoms with Crippen LogP contribution in [0.5, 0.6) is 0 Å². The molecule has 0 aromatic heterocycles. The lowest BCUT2D eigenvalue weighted by Gasteiger charge is -2.45. The second kappa shape index (κ2) is 7.11. The molecule has 1 nitrogen and oxygen atoms in total. The predicted molar refractivity (Wildman–Crippen MR) is 84.2 cm³/mol. The Morgan fingerprint density at radius 1 is 1.00 bits per heavy atom. The zero-order valence-corrected chi connectivity index (χ0v) is 13.6. The number of hydrogen-bond acceptors (Lipinski definition) is 1. The Morgan fingerprint density at radius 2 is 1.74 bits per heavy atom. The second-order valence-corrected chi connectivity index (χ2v) is 7.98. The Bertz CT molecular complexity index is 252. The van der Waals surface area contributed by atoms with Crippen LogP contribution in [0.15, 0.2) is 0 Å². The van der Waals surface area contributed by atoms with Gasteiger partial charge in [-0.15, -0.1) is 0 Å². The van der Waals surface area contributed by atoms with Gasteiger partial charge in [0, 0.05) is 0 Å². The molecule has 0 amide bonds. The van der Waals surface area contributed by atoms with E-state index in [0.29, 0.717) is 0 Å². The van der Waals surface area contributed by atoms with Gasteiger partial charge in [-0.05, 0) is 67.9 Å². The van der Waals surface area contributed by atoms with E-state index < -0.39 is 0 Å². The fourth-order valence-corrected chi connectivity index (χ4v) is 4.16. The third-order valence-corrected chi connectivity index (χ3v) is 5.75. The lowest BCUT2D eigenvalue weighted by molar-refractivity contribution is 0.0597. The van der Waals surface area contributed by atoms with E-state index in [9.17, 15) is 0 Å². The number of nitrogens with one attached hydrogen (secondary N) is 1. The summed E-state index contributed by atoms with van der Waals surface area (Å²) in [4.78, 5) is 0. The van der Waals surface area contributed by atoms with Crippen molar-refractivity contribution in [2.75, 3.05) is 13.1 Å². The molecule has 19 heavy (non-hydrogen) atoms. The van der Waals surface area contributed by atoms with Crippen LogP contribution < -0.4 is 5.32 Å². The molecular weight excluding hydrogens is 230 g/mol. The van der Waals surface area contributed by atoms with Gasteiger partial charge in [-0.2, -0.15) is 0 Å². The van der Waals surface area contributed by atoms with E-state index in [0.717, 1.165) is 35.5 Å². The summed E-state index contributed by atoms with van der Waals surface area (Å²) in [5.74, 6) is 5.77. The van der Waals surface area contributed by atoms with E-state index in [4.69, 9.17) is 0 Å². The van der Waals surface area contributed by atoms with Gasteiger partial charge in [-0.3, -0.25) is 0 Å². The molecule has 3 atom stereocenters. The summed E-state index contributed by atoms with van der Waals surface area (Å²) >= 11 is 0. The summed E-state index contributed by atoms with van der Waals surface area (Å²) < 4.78 is 0. The summed E-state index contributed by atoms with van der Waals surface area (Å²) in [6, 6.07) is 0. The average Bonchev–Trinajstić information content (AvgIpc) is 2.27. The molecule has 2 aliphatic rings. The summed E-state index contributed by atoms with van der Waals surface area (Å²) in [6.07, 6.45) is 9.03. The van der Waals surface area contributed by atoms with E-state index in [1.54, 1.807) is 0 Å². The number of hydrogen-bond donors (Lipinski definition) is 1. The zero-order chi connectivity index (χ0) is 13.8. The molecule has 2 fully saturated rings. The maximum atomic E-state index is 3.73. The molecule has 0 aromatic rings. The maximum absolute atomic E-state index is 3.73. The average molecular weight is 265 g/mol. The molecule has 0 saturated heterocycles. The van der Waals surface area contributed by atoms with Crippen molar-refractivity contribution in [1.82, 2.24) is 5.32 Å². The van der Waals surface area contributed by atoms with Crippen molar-refractivity contribution in [2.45, 2.75) is 66.2 Å². The van der Waals surface area contributed by atoms with Crippen LogP contribution in [0.2, 0.25) is 0 Å². The van der Waals surface area contributed by atoms with Gasteiger partial charge < -0.3 is 5.32 Å². The van der Waals surface area contributed by atoms with E-state index >= 15 is 0 Å². The van der Waals surface area contributed by atoms with Gasteiger partial charge in [0.05, 0.1) is 0 Å². The lowest BCUT2D eigenvalue weighted by atomic mass is 9.61. The minimum Gasteiger partial charge on any atom is -0.316 e. The van der Waals surface area contributed by atoms with Gasteiger partial charge >= 0.3 is 0 Å². The topological polar surface area (TPSA) is 12.0 Å². The standard InChI is InChI=1S/C18H35N/c1-13(2)11-19-12-17-9-8-16(14(3)4)10-18(17)15-6-5-7-15/h13-19H,5-12H2,1-4H3. The van der Waals surface area contributed by atoms with Crippen LogP contribution in [0.25, 0.3) is 0 Å². The Balaban J connectivity index is 1.85. The molecule has 0 aromatic carbocycles. The van der Waals surface area contributed by atoms with Crippen molar-refractivity contribution in [3.63, 3.8) is 0 Å². The van der Waals surface area contributed by atoms with Crippen LogP contribution >= 0.6 is 0 Å². The Hall–Kier alpha value is -0.0400. The maximum Gasteiger partial charge on any atom is -0.00176 e. The summed E-state index contributed by atoms with van der Waals surface area (Å²) in [5.41, 5.74) is 0. The van der Waals surface area contributed by atoms with Crippen LogP contribution in [0.1, 0.15) is 66.2 Å². The molecule has 1 N–H and O–H groups in total. The van der Waals surface area contributed by atoms with Crippen molar-refractivity contribution < 1.29 is 0 Å². The second-order valence-electron chi connectivity index (χ2n) is 7.98.